The molecule has 0 saturated carbocycles. The highest BCUT2D eigenvalue weighted by atomic mass is 35.5. The Labute approximate surface area is 111 Å². The topological polar surface area (TPSA) is 47.7 Å². The van der Waals surface area contributed by atoms with E-state index in [1.165, 1.54) is 0 Å². The predicted molar refractivity (Wildman–Crippen MR) is 70.7 cm³/mol. The Bertz CT molecular complexity index is 467. The Morgan fingerprint density at radius 1 is 1.22 bits per heavy atom. The molecule has 0 fully saturated rings. The van der Waals surface area contributed by atoms with Crippen molar-refractivity contribution in [3.05, 3.63) is 30.4 Å². The van der Waals surface area contributed by atoms with E-state index in [4.69, 9.17) is 0 Å². The number of aromatic nitrogens is 4. The molecule has 0 amide bonds. The molecular weight excluding hydrogens is 257 g/mol. The van der Waals surface area contributed by atoms with Crippen LogP contribution in [0, 0.1) is 0 Å². The second-order valence-electron chi connectivity index (χ2n) is 3.74. The summed E-state index contributed by atoms with van der Waals surface area (Å²) in [6.07, 6.45) is 7.32. The molecule has 0 aliphatic heterocycles. The van der Waals surface area contributed by atoms with Gasteiger partial charge in [0.1, 0.15) is 6.67 Å². The Morgan fingerprint density at radius 2 is 2.00 bits per heavy atom. The molecule has 0 aliphatic carbocycles. The van der Waals surface area contributed by atoms with Crippen LogP contribution in [0.25, 0.3) is 0 Å². The molecule has 100 valence electrons. The summed E-state index contributed by atoms with van der Waals surface area (Å²) in [5.74, 6) is 0. The van der Waals surface area contributed by atoms with Crippen molar-refractivity contribution in [3.8, 4) is 0 Å². The molecule has 2 aromatic heterocycles. The van der Waals surface area contributed by atoms with Crippen molar-refractivity contribution in [2.45, 2.75) is 26.6 Å². The van der Waals surface area contributed by atoms with Crippen molar-refractivity contribution in [2.75, 3.05) is 12.0 Å². The first kappa shape index (κ1) is 14.5. The number of rotatable bonds is 6. The number of hydrogen-bond acceptors (Lipinski definition) is 3. The van der Waals surface area contributed by atoms with E-state index in [1.807, 2.05) is 24.0 Å². The minimum absolute atomic E-state index is 0. The minimum atomic E-state index is -0.398. The van der Waals surface area contributed by atoms with Crippen molar-refractivity contribution in [1.82, 2.24) is 19.6 Å². The molecule has 2 aromatic rings. The fourth-order valence-electron chi connectivity index (χ4n) is 1.54. The number of anilines is 1. The Morgan fingerprint density at radius 3 is 2.67 bits per heavy atom. The van der Waals surface area contributed by atoms with E-state index >= 15 is 0 Å². The third-order valence-electron chi connectivity index (χ3n) is 2.45. The van der Waals surface area contributed by atoms with E-state index in [0.29, 0.717) is 13.1 Å². The van der Waals surface area contributed by atoms with E-state index in [0.717, 1.165) is 17.8 Å². The van der Waals surface area contributed by atoms with Gasteiger partial charge in [-0.1, -0.05) is 0 Å². The van der Waals surface area contributed by atoms with Crippen LogP contribution in [0.4, 0.5) is 10.1 Å². The second-order valence-corrected chi connectivity index (χ2v) is 3.74. The molecule has 0 aromatic carbocycles. The van der Waals surface area contributed by atoms with Gasteiger partial charge in [0.05, 0.1) is 24.6 Å². The third kappa shape index (κ3) is 3.73. The fraction of sp³-hybridized carbons (Fsp3) is 0.455. The molecule has 0 unspecified atom stereocenters. The molecular formula is C11H17ClFN5. The molecule has 0 saturated heterocycles. The zero-order chi connectivity index (χ0) is 12.1. The van der Waals surface area contributed by atoms with E-state index in [1.54, 1.807) is 17.1 Å². The van der Waals surface area contributed by atoms with Gasteiger partial charge in [-0.3, -0.25) is 9.36 Å². The van der Waals surface area contributed by atoms with Crippen molar-refractivity contribution < 1.29 is 4.39 Å². The average molecular weight is 274 g/mol. The molecule has 0 bridgehead atoms. The highest BCUT2D eigenvalue weighted by Gasteiger charge is 2.00. The molecule has 0 aliphatic rings. The molecule has 1 N–H and O–H groups in total. The summed E-state index contributed by atoms with van der Waals surface area (Å²) in [7, 11) is 0. The molecule has 5 nitrogen and oxygen atoms in total. The summed E-state index contributed by atoms with van der Waals surface area (Å²) in [4.78, 5) is 0. The second kappa shape index (κ2) is 7.00. The Kier molecular flexibility index (Phi) is 5.64. The molecule has 7 heteroatoms. The van der Waals surface area contributed by atoms with Crippen molar-refractivity contribution in [3.63, 3.8) is 0 Å². The lowest BCUT2D eigenvalue weighted by Gasteiger charge is -2.00. The number of nitrogens with one attached hydrogen (secondary N) is 1. The van der Waals surface area contributed by atoms with Crippen LogP contribution in [0.2, 0.25) is 0 Å². The lowest BCUT2D eigenvalue weighted by atomic mass is 10.3. The standard InChI is InChI=1S/C11H16FN5.ClH/c1-2-16-8-10(6-14-16)5-13-11-7-15-17(9-11)4-3-12;/h6-9,13H,2-5H2,1H3;1H. The molecule has 0 atom stereocenters. The van der Waals surface area contributed by atoms with Crippen LogP contribution in [-0.2, 0) is 19.6 Å². The number of hydrogen-bond donors (Lipinski definition) is 1. The predicted octanol–water partition coefficient (Wildman–Crippen LogP) is 2.10. The maximum absolute atomic E-state index is 12.1. The van der Waals surface area contributed by atoms with Gasteiger partial charge in [0.25, 0.3) is 0 Å². The summed E-state index contributed by atoms with van der Waals surface area (Å²) in [6, 6.07) is 0. The summed E-state index contributed by atoms with van der Waals surface area (Å²) in [5.41, 5.74) is 2.01. The largest absolute Gasteiger partial charge is 0.378 e. The van der Waals surface area contributed by atoms with Gasteiger partial charge in [0.15, 0.2) is 0 Å². The van der Waals surface area contributed by atoms with Gasteiger partial charge in [-0.25, -0.2) is 4.39 Å². The van der Waals surface area contributed by atoms with Gasteiger partial charge in [0, 0.05) is 31.0 Å². The van der Waals surface area contributed by atoms with Gasteiger partial charge < -0.3 is 5.32 Å². The van der Waals surface area contributed by atoms with Crippen LogP contribution in [0.3, 0.4) is 0 Å². The highest BCUT2D eigenvalue weighted by molar-refractivity contribution is 5.85. The smallest absolute Gasteiger partial charge is 0.109 e. The first-order valence-corrected chi connectivity index (χ1v) is 5.65. The SMILES string of the molecule is CCn1cc(CNc2cnn(CCF)c2)cn1.Cl. The molecule has 2 rings (SSSR count). The average Bonchev–Trinajstić information content (AvgIpc) is 2.95. The molecule has 18 heavy (non-hydrogen) atoms. The van der Waals surface area contributed by atoms with Gasteiger partial charge in [-0.15, -0.1) is 12.4 Å². The van der Waals surface area contributed by atoms with Gasteiger partial charge in [0.2, 0.25) is 0 Å². The molecule has 2 heterocycles. The van der Waals surface area contributed by atoms with E-state index in [2.05, 4.69) is 15.5 Å². The van der Waals surface area contributed by atoms with Crippen molar-refractivity contribution in [1.29, 1.82) is 0 Å². The zero-order valence-electron chi connectivity index (χ0n) is 10.2. The van der Waals surface area contributed by atoms with Crippen molar-refractivity contribution in [2.24, 2.45) is 0 Å². The van der Waals surface area contributed by atoms with Crippen LogP contribution >= 0.6 is 12.4 Å². The summed E-state index contributed by atoms with van der Waals surface area (Å²) in [5, 5.41) is 11.4. The number of aryl methyl sites for hydroxylation is 2. The normalized spacial score (nSPS) is 10.1. The maximum Gasteiger partial charge on any atom is 0.109 e. The summed E-state index contributed by atoms with van der Waals surface area (Å²) < 4.78 is 15.5. The van der Waals surface area contributed by atoms with Crippen LogP contribution in [0.1, 0.15) is 12.5 Å². The highest BCUT2D eigenvalue weighted by Crippen LogP contribution is 2.07. The van der Waals surface area contributed by atoms with Crippen LogP contribution < -0.4 is 5.32 Å². The number of alkyl halides is 1. The minimum Gasteiger partial charge on any atom is -0.378 e. The van der Waals surface area contributed by atoms with Crippen LogP contribution in [-0.4, -0.2) is 26.2 Å². The Hall–Kier alpha value is -1.56. The monoisotopic (exact) mass is 273 g/mol. The summed E-state index contributed by atoms with van der Waals surface area (Å²) in [6.45, 7) is 3.51. The van der Waals surface area contributed by atoms with Gasteiger partial charge in [-0.2, -0.15) is 10.2 Å². The quantitative estimate of drug-likeness (QED) is 0.877. The first-order valence-electron chi connectivity index (χ1n) is 5.65. The summed E-state index contributed by atoms with van der Waals surface area (Å²) >= 11 is 0. The van der Waals surface area contributed by atoms with Gasteiger partial charge >= 0.3 is 0 Å². The third-order valence-corrected chi connectivity index (χ3v) is 2.45. The van der Waals surface area contributed by atoms with Crippen LogP contribution in [0.15, 0.2) is 24.8 Å². The van der Waals surface area contributed by atoms with E-state index in [-0.39, 0.29) is 12.4 Å². The fourth-order valence-corrected chi connectivity index (χ4v) is 1.54. The molecule has 0 spiro atoms. The lowest BCUT2D eigenvalue weighted by Crippen LogP contribution is -2.00. The van der Waals surface area contributed by atoms with E-state index in [9.17, 15) is 4.39 Å². The zero-order valence-corrected chi connectivity index (χ0v) is 11.0. The van der Waals surface area contributed by atoms with Crippen LogP contribution in [0.5, 0.6) is 0 Å². The number of nitrogens with zero attached hydrogens (tertiary/aromatic N) is 4. The molecule has 0 radical (unpaired) electrons. The van der Waals surface area contributed by atoms with E-state index < -0.39 is 6.67 Å². The number of halogens is 2. The maximum atomic E-state index is 12.1. The van der Waals surface area contributed by atoms with Crippen molar-refractivity contribution >= 4 is 18.1 Å². The van der Waals surface area contributed by atoms with Gasteiger partial charge in [-0.05, 0) is 6.92 Å². The first-order chi connectivity index (χ1) is 8.31. The lowest BCUT2D eigenvalue weighted by molar-refractivity contribution is 0.427. The Balaban J connectivity index is 0.00000162.